The number of anilines is 1. The monoisotopic (exact) mass is 255 g/mol. The van der Waals surface area contributed by atoms with Crippen molar-refractivity contribution in [3.63, 3.8) is 0 Å². The fraction of sp³-hybridized carbons (Fsp3) is 0.769. The van der Waals surface area contributed by atoms with Crippen LogP contribution in [-0.4, -0.2) is 27.6 Å². The van der Waals surface area contributed by atoms with E-state index in [1.54, 1.807) is 0 Å². The third-order valence-corrected chi connectivity index (χ3v) is 3.63. The van der Waals surface area contributed by atoms with Crippen LogP contribution in [0.5, 0.6) is 0 Å². The molecule has 0 saturated carbocycles. The van der Waals surface area contributed by atoms with Crippen LogP contribution in [0.25, 0.3) is 0 Å². The lowest BCUT2D eigenvalue weighted by Crippen LogP contribution is -2.15. The molecule has 0 aliphatic heterocycles. The van der Waals surface area contributed by atoms with E-state index >= 15 is 0 Å². The second kappa shape index (κ2) is 7.64. The predicted molar refractivity (Wildman–Crippen MR) is 77.9 cm³/mol. The van der Waals surface area contributed by atoms with Crippen molar-refractivity contribution >= 4 is 17.7 Å². The van der Waals surface area contributed by atoms with Crippen molar-refractivity contribution < 1.29 is 0 Å². The first-order valence-electron chi connectivity index (χ1n) is 6.49. The van der Waals surface area contributed by atoms with E-state index in [1.807, 2.05) is 18.0 Å². The molecule has 4 heteroatoms. The van der Waals surface area contributed by atoms with E-state index in [2.05, 4.69) is 48.8 Å². The van der Waals surface area contributed by atoms with E-state index in [-0.39, 0.29) is 0 Å². The summed E-state index contributed by atoms with van der Waals surface area (Å²) in [5, 5.41) is 3.41. The van der Waals surface area contributed by atoms with Crippen LogP contribution < -0.4 is 5.32 Å². The minimum absolute atomic E-state index is 0.520. The highest BCUT2D eigenvalue weighted by molar-refractivity contribution is 7.99. The Morgan fingerprint density at radius 2 is 2.18 bits per heavy atom. The van der Waals surface area contributed by atoms with Gasteiger partial charge in [0.15, 0.2) is 0 Å². The second-order valence-corrected chi connectivity index (χ2v) is 6.16. The molecule has 0 radical (unpaired) electrons. The van der Waals surface area contributed by atoms with Crippen LogP contribution in [0.4, 0.5) is 5.95 Å². The summed E-state index contributed by atoms with van der Waals surface area (Å²) in [7, 11) is 0. The Labute approximate surface area is 109 Å². The Morgan fingerprint density at radius 1 is 1.41 bits per heavy atom. The van der Waals surface area contributed by atoms with Gasteiger partial charge in [-0.15, -0.1) is 0 Å². The zero-order valence-electron chi connectivity index (χ0n) is 11.4. The molecule has 1 unspecified atom stereocenters. The summed E-state index contributed by atoms with van der Waals surface area (Å²) in [6, 6.07) is 0.520. The number of rotatable bonds is 8. The highest BCUT2D eigenvalue weighted by Gasteiger charge is 2.09. The molecule has 98 valence electrons. The number of hydrogen-bond donors (Lipinski definition) is 1. The average Bonchev–Trinajstić information content (AvgIpc) is 2.74. The molecular weight excluding hydrogens is 230 g/mol. The number of imidazole rings is 1. The van der Waals surface area contributed by atoms with Crippen LogP contribution in [0.15, 0.2) is 12.4 Å². The van der Waals surface area contributed by atoms with Gasteiger partial charge in [-0.3, -0.25) is 0 Å². The average molecular weight is 255 g/mol. The number of nitrogens with zero attached hydrogens (tertiary/aromatic N) is 2. The van der Waals surface area contributed by atoms with Crippen LogP contribution in [0.2, 0.25) is 0 Å². The molecule has 0 aliphatic rings. The van der Waals surface area contributed by atoms with Gasteiger partial charge in [-0.1, -0.05) is 20.8 Å². The van der Waals surface area contributed by atoms with Crippen molar-refractivity contribution in [3.05, 3.63) is 12.4 Å². The number of hydrogen-bond acceptors (Lipinski definition) is 3. The van der Waals surface area contributed by atoms with E-state index < -0.39 is 0 Å². The molecular formula is C13H25N3S. The molecule has 1 rings (SSSR count). The molecule has 3 nitrogen and oxygen atoms in total. The molecule has 0 bridgehead atoms. The number of aromatic nitrogens is 2. The molecule has 0 amide bonds. The SMILES string of the molecule is CCSCCC(C)n1ccnc1NCC(C)C. The largest absolute Gasteiger partial charge is 0.355 e. The standard InChI is InChI=1S/C13H25N3S/c1-5-17-9-6-12(4)16-8-7-14-13(16)15-10-11(2)3/h7-8,11-12H,5-6,9-10H2,1-4H3,(H,14,15). The first kappa shape index (κ1) is 14.4. The Balaban J connectivity index is 2.48. The van der Waals surface area contributed by atoms with Crippen LogP contribution in [-0.2, 0) is 0 Å². The maximum Gasteiger partial charge on any atom is 0.203 e. The Hall–Kier alpha value is -0.640. The smallest absolute Gasteiger partial charge is 0.203 e. The van der Waals surface area contributed by atoms with Gasteiger partial charge in [0.1, 0.15) is 0 Å². The third kappa shape index (κ3) is 5.02. The van der Waals surface area contributed by atoms with Gasteiger partial charge >= 0.3 is 0 Å². The van der Waals surface area contributed by atoms with E-state index in [9.17, 15) is 0 Å². The lowest BCUT2D eigenvalue weighted by atomic mass is 10.2. The lowest BCUT2D eigenvalue weighted by Gasteiger charge is -2.17. The van der Waals surface area contributed by atoms with Gasteiger partial charge in [-0.05, 0) is 30.8 Å². The molecule has 0 aliphatic carbocycles. The molecule has 1 heterocycles. The van der Waals surface area contributed by atoms with Crippen molar-refractivity contribution in [2.75, 3.05) is 23.4 Å². The normalized spacial score (nSPS) is 13.0. The van der Waals surface area contributed by atoms with Crippen molar-refractivity contribution in [1.82, 2.24) is 9.55 Å². The summed E-state index contributed by atoms with van der Waals surface area (Å²) in [6.45, 7) is 9.87. The van der Waals surface area contributed by atoms with E-state index in [0.29, 0.717) is 12.0 Å². The van der Waals surface area contributed by atoms with E-state index in [0.717, 1.165) is 12.5 Å². The number of nitrogens with one attached hydrogen (secondary N) is 1. The van der Waals surface area contributed by atoms with Crippen molar-refractivity contribution in [1.29, 1.82) is 0 Å². The van der Waals surface area contributed by atoms with E-state index in [1.165, 1.54) is 17.9 Å². The molecule has 1 aromatic rings. The van der Waals surface area contributed by atoms with E-state index in [4.69, 9.17) is 0 Å². The minimum atomic E-state index is 0.520. The summed E-state index contributed by atoms with van der Waals surface area (Å²) in [4.78, 5) is 4.38. The third-order valence-electron chi connectivity index (χ3n) is 2.70. The molecule has 1 atom stereocenters. The number of thioether (sulfide) groups is 1. The molecule has 0 spiro atoms. The van der Waals surface area contributed by atoms with Crippen LogP contribution in [0.1, 0.15) is 40.2 Å². The Morgan fingerprint density at radius 3 is 2.82 bits per heavy atom. The molecule has 1 aromatic heterocycles. The second-order valence-electron chi connectivity index (χ2n) is 4.77. The zero-order valence-corrected chi connectivity index (χ0v) is 12.3. The molecule has 0 saturated heterocycles. The van der Waals surface area contributed by atoms with Gasteiger partial charge in [0, 0.05) is 25.0 Å². The van der Waals surface area contributed by atoms with Gasteiger partial charge in [0.2, 0.25) is 5.95 Å². The Kier molecular flexibility index (Phi) is 6.48. The van der Waals surface area contributed by atoms with Gasteiger partial charge in [0.05, 0.1) is 0 Å². The summed E-state index contributed by atoms with van der Waals surface area (Å²) in [5.41, 5.74) is 0. The van der Waals surface area contributed by atoms with Crippen LogP contribution in [0.3, 0.4) is 0 Å². The summed E-state index contributed by atoms with van der Waals surface area (Å²) < 4.78 is 2.25. The van der Waals surface area contributed by atoms with Crippen molar-refractivity contribution in [2.24, 2.45) is 5.92 Å². The molecule has 0 aromatic carbocycles. The maximum atomic E-state index is 4.38. The minimum Gasteiger partial charge on any atom is -0.355 e. The van der Waals surface area contributed by atoms with Crippen molar-refractivity contribution in [3.8, 4) is 0 Å². The fourth-order valence-corrected chi connectivity index (χ4v) is 2.43. The molecule has 17 heavy (non-hydrogen) atoms. The van der Waals surface area contributed by atoms with Gasteiger partial charge in [0.25, 0.3) is 0 Å². The summed E-state index contributed by atoms with van der Waals surface area (Å²) >= 11 is 2.00. The van der Waals surface area contributed by atoms with Crippen LogP contribution >= 0.6 is 11.8 Å². The molecule has 0 fully saturated rings. The van der Waals surface area contributed by atoms with Crippen molar-refractivity contribution in [2.45, 2.75) is 40.2 Å². The summed E-state index contributed by atoms with van der Waals surface area (Å²) in [6.07, 6.45) is 5.15. The van der Waals surface area contributed by atoms with Gasteiger partial charge < -0.3 is 9.88 Å². The Bertz CT molecular complexity index is 309. The van der Waals surface area contributed by atoms with Gasteiger partial charge in [-0.2, -0.15) is 11.8 Å². The highest BCUT2D eigenvalue weighted by atomic mass is 32.2. The molecule has 1 N–H and O–H groups in total. The summed E-state index contributed by atoms with van der Waals surface area (Å²) in [5.74, 6) is 4.08. The maximum absolute atomic E-state index is 4.38. The van der Waals surface area contributed by atoms with Crippen LogP contribution in [0, 0.1) is 5.92 Å². The predicted octanol–water partition coefficient (Wildman–Crippen LogP) is 3.66. The highest BCUT2D eigenvalue weighted by Crippen LogP contribution is 2.19. The fourth-order valence-electron chi connectivity index (χ4n) is 1.64. The first-order valence-corrected chi connectivity index (χ1v) is 7.65. The van der Waals surface area contributed by atoms with Gasteiger partial charge in [-0.25, -0.2) is 4.98 Å². The zero-order chi connectivity index (χ0) is 12.7. The lowest BCUT2D eigenvalue weighted by molar-refractivity contribution is 0.536. The topological polar surface area (TPSA) is 29.9 Å². The first-order chi connectivity index (χ1) is 8.15. The quantitative estimate of drug-likeness (QED) is 0.719.